The second-order valence-corrected chi connectivity index (χ2v) is 28.6. The van der Waals surface area contributed by atoms with Crippen molar-refractivity contribution in [2.45, 2.75) is 142 Å². The number of benzene rings is 8. The molecule has 0 radical (unpaired) electrons. The van der Waals surface area contributed by atoms with Crippen molar-refractivity contribution in [1.29, 1.82) is 0 Å². The van der Waals surface area contributed by atoms with Crippen LogP contribution >= 0.6 is 11.3 Å². The molecule has 8 aromatic carbocycles. The molecule has 0 fully saturated rings. The molecule has 0 unspecified atom stereocenters. The van der Waals surface area contributed by atoms with E-state index in [2.05, 4.69) is 234 Å². The molecule has 2 nitrogen and oxygen atoms in total. The third-order valence-electron chi connectivity index (χ3n) is 19.5. The van der Waals surface area contributed by atoms with Crippen LogP contribution in [0.3, 0.4) is 0 Å². The third kappa shape index (κ3) is 5.58. The van der Waals surface area contributed by atoms with Crippen molar-refractivity contribution >= 4 is 82.5 Å². The Hall–Kier alpha value is -6.36. The fourth-order valence-electron chi connectivity index (χ4n) is 15.1. The molecule has 10 aromatic rings. The number of anilines is 2. The molecule has 15 rings (SSSR count). The molecule has 74 heavy (non-hydrogen) atoms. The molecule has 0 saturated heterocycles. The van der Waals surface area contributed by atoms with E-state index in [0.29, 0.717) is 0 Å². The molecule has 0 amide bonds. The van der Waals surface area contributed by atoms with Crippen LogP contribution in [0.2, 0.25) is 0 Å². The summed E-state index contributed by atoms with van der Waals surface area (Å²) in [5, 5.41) is 5.50. The number of hydrogen-bond acceptors (Lipinski definition) is 2. The van der Waals surface area contributed by atoms with Crippen molar-refractivity contribution < 1.29 is 0 Å². The van der Waals surface area contributed by atoms with Gasteiger partial charge in [0.15, 0.2) is 0 Å². The summed E-state index contributed by atoms with van der Waals surface area (Å²) >= 11 is 2.01. The fraction of sp³-hybridized carbons (Fsp3) is 0.314. The molecular weight excluding hydrogens is 912 g/mol. The summed E-state index contributed by atoms with van der Waals surface area (Å²) < 4.78 is 5.49. The lowest BCUT2D eigenvalue weighted by atomic mass is 9.43. The van der Waals surface area contributed by atoms with Crippen LogP contribution in [0.1, 0.15) is 154 Å². The van der Waals surface area contributed by atoms with Gasteiger partial charge in [-0.2, -0.15) is 0 Å². The maximum Gasteiger partial charge on any atom is 0.333 e. The molecule has 366 valence electrons. The highest BCUT2D eigenvalue weighted by Crippen LogP contribution is 2.60. The third-order valence-corrected chi connectivity index (χ3v) is 20.7. The van der Waals surface area contributed by atoms with E-state index < -0.39 is 0 Å². The second kappa shape index (κ2) is 13.9. The maximum atomic E-state index is 2.80. The molecule has 5 aliphatic rings. The highest BCUT2D eigenvalue weighted by atomic mass is 32.1. The lowest BCUT2D eigenvalue weighted by Crippen LogP contribution is -2.60. The first kappa shape index (κ1) is 45.1. The topological polar surface area (TPSA) is 8.17 Å². The van der Waals surface area contributed by atoms with Gasteiger partial charge >= 0.3 is 6.85 Å². The molecular formula is C70H67BN2S. The van der Waals surface area contributed by atoms with Gasteiger partial charge in [-0.05, 0) is 167 Å². The highest BCUT2D eigenvalue weighted by molar-refractivity contribution is 7.27. The van der Waals surface area contributed by atoms with E-state index in [4.69, 9.17) is 0 Å². The predicted octanol–water partition coefficient (Wildman–Crippen LogP) is 17.9. The van der Waals surface area contributed by atoms with Gasteiger partial charge in [0.25, 0.3) is 0 Å². The molecule has 0 saturated carbocycles. The van der Waals surface area contributed by atoms with E-state index in [1.165, 1.54) is 155 Å². The predicted molar refractivity (Wildman–Crippen MR) is 321 cm³/mol. The monoisotopic (exact) mass is 979 g/mol. The first-order valence-corrected chi connectivity index (χ1v) is 28.3. The summed E-state index contributed by atoms with van der Waals surface area (Å²) in [4.78, 5) is 2.80. The van der Waals surface area contributed by atoms with Gasteiger partial charge in [-0.1, -0.05) is 170 Å². The van der Waals surface area contributed by atoms with Crippen LogP contribution in [0.5, 0.6) is 0 Å². The number of thiophene rings is 1. The zero-order valence-electron chi connectivity index (χ0n) is 45.9. The van der Waals surface area contributed by atoms with Crippen LogP contribution in [0.15, 0.2) is 127 Å². The quantitative estimate of drug-likeness (QED) is 0.149. The van der Waals surface area contributed by atoms with Crippen LogP contribution in [0.25, 0.3) is 81.0 Å². The van der Waals surface area contributed by atoms with Gasteiger partial charge in [0.1, 0.15) is 0 Å². The minimum absolute atomic E-state index is 0.0203. The van der Waals surface area contributed by atoms with Gasteiger partial charge in [0, 0.05) is 70.0 Å². The standard InChI is InChI=1S/C70H67BN2S/c1-65(2,3)38-23-26-40(27-24-38)73-56-36-50-43(44-33-52-53(35-49(44)70(50,13)14)68(9,10)30-29-67(52,7)8)32-47(56)61-62-63-59(60-42-20-16-18-22-58(42)74-64(60)61)46-31-39(66(4,5)6)25-28-55(46)72(63)57-37-51-45(34-54(57)71(62)73)41-19-15-17-21-48(41)69(51,11)12/h15-28,31-37H,29-30H2,1-14H3. The average molecular weight is 979 g/mol. The molecule has 0 bridgehead atoms. The van der Waals surface area contributed by atoms with Gasteiger partial charge in [0.05, 0.1) is 11.0 Å². The molecule has 4 heteroatoms. The van der Waals surface area contributed by atoms with Crippen LogP contribution in [0.4, 0.5) is 11.4 Å². The Labute approximate surface area is 442 Å². The minimum atomic E-state index is -0.205. The maximum absolute atomic E-state index is 2.80. The Morgan fingerprint density at radius 1 is 0.486 bits per heavy atom. The van der Waals surface area contributed by atoms with E-state index in [1.807, 2.05) is 11.3 Å². The highest BCUT2D eigenvalue weighted by Gasteiger charge is 2.50. The van der Waals surface area contributed by atoms with Crippen molar-refractivity contribution in [3.05, 3.63) is 172 Å². The largest absolute Gasteiger partial charge is 0.376 e. The van der Waals surface area contributed by atoms with E-state index >= 15 is 0 Å². The Bertz CT molecular complexity index is 4210. The zero-order valence-corrected chi connectivity index (χ0v) is 46.7. The minimum Gasteiger partial charge on any atom is -0.376 e. The number of aromatic nitrogens is 1. The van der Waals surface area contributed by atoms with Crippen LogP contribution in [0, 0.1) is 0 Å². The van der Waals surface area contributed by atoms with Crippen molar-refractivity contribution in [1.82, 2.24) is 4.57 Å². The zero-order chi connectivity index (χ0) is 51.3. The van der Waals surface area contributed by atoms with Gasteiger partial charge < -0.3 is 9.38 Å². The molecule has 0 atom stereocenters. The van der Waals surface area contributed by atoms with Gasteiger partial charge in [-0.15, -0.1) is 11.3 Å². The van der Waals surface area contributed by atoms with E-state index in [9.17, 15) is 0 Å². The van der Waals surface area contributed by atoms with Gasteiger partial charge in [-0.3, -0.25) is 0 Å². The van der Waals surface area contributed by atoms with Crippen molar-refractivity contribution in [2.24, 2.45) is 0 Å². The molecule has 2 aliphatic heterocycles. The summed E-state index contributed by atoms with van der Waals surface area (Å²) in [5.74, 6) is 0. The molecule has 4 heterocycles. The SMILES string of the molecule is CC(C)(C)c1ccc(N2B3c4cc5c(cc4-n4c6ccc(C(C)(C)C)cc6c6c7c(sc8ccccc87)c(c3c64)-c3cc4c(cc32)C(C)(C)c2cc3c(cc2-4)C(C)(C)CCC3(C)C)C(C)(C)c2ccccc2-5)cc1. The van der Waals surface area contributed by atoms with Crippen LogP contribution in [-0.4, -0.2) is 11.4 Å². The Kier molecular flexibility index (Phi) is 8.48. The lowest BCUT2D eigenvalue weighted by Gasteiger charge is -2.43. The number of fused-ring (bicyclic) bond motifs is 20. The second-order valence-electron chi connectivity index (χ2n) is 27.6. The Morgan fingerprint density at radius 3 is 1.80 bits per heavy atom. The van der Waals surface area contributed by atoms with Gasteiger partial charge in [0.2, 0.25) is 0 Å². The van der Waals surface area contributed by atoms with E-state index in [1.54, 1.807) is 5.56 Å². The number of hydrogen-bond donors (Lipinski definition) is 0. The van der Waals surface area contributed by atoms with Crippen molar-refractivity contribution in [2.75, 3.05) is 4.81 Å². The Balaban J connectivity index is 1.15. The van der Waals surface area contributed by atoms with E-state index in [0.717, 1.165) is 0 Å². The van der Waals surface area contributed by atoms with Gasteiger partial charge in [-0.25, -0.2) is 0 Å². The van der Waals surface area contributed by atoms with E-state index in [-0.39, 0.29) is 39.3 Å². The fourth-order valence-corrected chi connectivity index (χ4v) is 16.4. The molecule has 3 aliphatic carbocycles. The normalized spacial score (nSPS) is 17.9. The summed E-state index contributed by atoms with van der Waals surface area (Å²) in [6.45, 7) is 33.8. The van der Waals surface area contributed by atoms with Crippen molar-refractivity contribution in [3.8, 4) is 39.1 Å². The smallest absolute Gasteiger partial charge is 0.333 e. The first-order chi connectivity index (χ1) is 35.0. The average Bonchev–Trinajstić information content (AvgIpc) is 4.20. The summed E-state index contributed by atoms with van der Waals surface area (Å²) in [6, 6.07) is 51.6. The lowest BCUT2D eigenvalue weighted by molar-refractivity contribution is 0.331. The molecule has 2 aromatic heterocycles. The molecule has 0 N–H and O–H groups in total. The first-order valence-electron chi connectivity index (χ1n) is 27.5. The number of nitrogens with zero attached hydrogens (tertiary/aromatic N) is 2. The molecule has 0 spiro atoms. The Morgan fingerprint density at radius 2 is 1.08 bits per heavy atom. The van der Waals surface area contributed by atoms with Crippen LogP contribution in [-0.2, 0) is 32.5 Å². The summed E-state index contributed by atoms with van der Waals surface area (Å²) in [6.07, 6.45) is 2.40. The number of rotatable bonds is 1. The summed E-state index contributed by atoms with van der Waals surface area (Å²) in [5.41, 5.74) is 29.0. The summed E-state index contributed by atoms with van der Waals surface area (Å²) in [7, 11) is 0. The van der Waals surface area contributed by atoms with Crippen molar-refractivity contribution in [3.63, 3.8) is 0 Å². The van der Waals surface area contributed by atoms with Crippen LogP contribution < -0.4 is 15.7 Å².